The topological polar surface area (TPSA) is 85.5 Å². The van der Waals surface area contributed by atoms with E-state index < -0.39 is 15.4 Å². The van der Waals surface area contributed by atoms with Gasteiger partial charge in [-0.05, 0) is 32.6 Å². The molecule has 0 spiro atoms. The molecule has 4 rings (SSSR count). The molecule has 1 saturated carbocycles. The maximum atomic E-state index is 12.5. The number of aryl methyl sites for hydroxylation is 1. The first kappa shape index (κ1) is 13.7. The Labute approximate surface area is 123 Å². The average molecular weight is 313 g/mol. The highest BCUT2D eigenvalue weighted by Gasteiger charge is 2.56. The zero-order chi connectivity index (χ0) is 14.7. The second kappa shape index (κ2) is 4.50. The number of piperidine rings is 1. The quantitative estimate of drug-likeness (QED) is 0.812. The van der Waals surface area contributed by atoms with E-state index in [4.69, 9.17) is 9.26 Å². The Morgan fingerprint density at radius 2 is 2.14 bits per heavy atom. The standard InChI is InChI=1S/C13H19N3O4S/c1-9-14-12(20-15-9)13-5-7-19-11(13)4-6-16(8-13)21(17,18)10-2-3-10/h10-11H,2-8H2,1H3/t11-,13-/m0/s1. The van der Waals surface area contributed by atoms with Gasteiger partial charge < -0.3 is 9.26 Å². The van der Waals surface area contributed by atoms with E-state index in [1.165, 1.54) is 0 Å². The van der Waals surface area contributed by atoms with Crippen molar-refractivity contribution in [2.24, 2.45) is 0 Å². The first-order valence-electron chi connectivity index (χ1n) is 7.44. The molecule has 1 aromatic heterocycles. The summed E-state index contributed by atoms with van der Waals surface area (Å²) in [4.78, 5) is 4.37. The molecule has 0 radical (unpaired) electrons. The molecule has 0 bridgehead atoms. The molecule has 1 aromatic rings. The van der Waals surface area contributed by atoms with Gasteiger partial charge in [0.1, 0.15) is 0 Å². The Bertz CT molecular complexity index is 654. The van der Waals surface area contributed by atoms with Crippen LogP contribution < -0.4 is 0 Å². The van der Waals surface area contributed by atoms with Crippen molar-refractivity contribution < 1.29 is 17.7 Å². The van der Waals surface area contributed by atoms with Gasteiger partial charge >= 0.3 is 0 Å². The summed E-state index contributed by atoms with van der Waals surface area (Å²) in [6.45, 7) is 3.32. The molecule has 116 valence electrons. The molecule has 0 amide bonds. The van der Waals surface area contributed by atoms with Gasteiger partial charge in [0.2, 0.25) is 15.9 Å². The van der Waals surface area contributed by atoms with Crippen molar-refractivity contribution in [3.8, 4) is 0 Å². The van der Waals surface area contributed by atoms with E-state index in [-0.39, 0.29) is 11.4 Å². The molecule has 7 nitrogen and oxygen atoms in total. The summed E-state index contributed by atoms with van der Waals surface area (Å²) in [7, 11) is -3.18. The maximum absolute atomic E-state index is 12.5. The predicted octanol–water partition coefficient (Wildman–Crippen LogP) is 0.603. The van der Waals surface area contributed by atoms with Crippen LogP contribution >= 0.6 is 0 Å². The molecule has 0 N–H and O–H groups in total. The van der Waals surface area contributed by atoms with Crippen LogP contribution in [0.4, 0.5) is 0 Å². The van der Waals surface area contributed by atoms with E-state index in [9.17, 15) is 8.42 Å². The van der Waals surface area contributed by atoms with Gasteiger partial charge in [0.15, 0.2) is 5.82 Å². The van der Waals surface area contributed by atoms with E-state index in [0.29, 0.717) is 37.8 Å². The summed E-state index contributed by atoms with van der Waals surface area (Å²) in [5.74, 6) is 1.10. The van der Waals surface area contributed by atoms with Gasteiger partial charge in [0.05, 0.1) is 16.8 Å². The minimum atomic E-state index is -3.18. The van der Waals surface area contributed by atoms with Crippen LogP contribution in [0.2, 0.25) is 0 Å². The third-order valence-corrected chi connectivity index (χ3v) is 7.19. The molecule has 2 saturated heterocycles. The van der Waals surface area contributed by atoms with Crippen molar-refractivity contribution in [1.82, 2.24) is 14.4 Å². The van der Waals surface area contributed by atoms with Gasteiger partial charge in [0, 0.05) is 19.7 Å². The number of ether oxygens (including phenoxy) is 1. The lowest BCUT2D eigenvalue weighted by Gasteiger charge is -2.40. The molecule has 0 aromatic carbocycles. The molecule has 2 aliphatic heterocycles. The number of hydrogen-bond donors (Lipinski definition) is 0. The van der Waals surface area contributed by atoms with Crippen LogP contribution in [0, 0.1) is 6.92 Å². The van der Waals surface area contributed by atoms with Crippen molar-refractivity contribution in [2.75, 3.05) is 19.7 Å². The predicted molar refractivity (Wildman–Crippen MR) is 73.2 cm³/mol. The summed E-state index contributed by atoms with van der Waals surface area (Å²) in [6.07, 6.45) is 2.96. The van der Waals surface area contributed by atoms with Crippen molar-refractivity contribution in [1.29, 1.82) is 0 Å². The van der Waals surface area contributed by atoms with Crippen molar-refractivity contribution in [3.05, 3.63) is 11.7 Å². The molecule has 3 fully saturated rings. The van der Waals surface area contributed by atoms with Crippen LogP contribution in [0.25, 0.3) is 0 Å². The molecule has 0 unspecified atom stereocenters. The van der Waals surface area contributed by atoms with E-state index in [1.807, 2.05) is 0 Å². The first-order valence-corrected chi connectivity index (χ1v) is 8.94. The van der Waals surface area contributed by atoms with Gasteiger partial charge in [-0.15, -0.1) is 0 Å². The van der Waals surface area contributed by atoms with Gasteiger partial charge in [0.25, 0.3) is 0 Å². The minimum absolute atomic E-state index is 0.0250. The van der Waals surface area contributed by atoms with Crippen molar-refractivity contribution >= 4 is 10.0 Å². The number of fused-ring (bicyclic) bond motifs is 1. The smallest absolute Gasteiger partial charge is 0.236 e. The fourth-order valence-corrected chi connectivity index (χ4v) is 5.43. The Hall–Kier alpha value is -0.990. The number of nitrogens with zero attached hydrogens (tertiary/aromatic N) is 3. The van der Waals surface area contributed by atoms with Crippen LogP contribution in [-0.4, -0.2) is 53.9 Å². The van der Waals surface area contributed by atoms with E-state index >= 15 is 0 Å². The number of aromatic nitrogens is 2. The van der Waals surface area contributed by atoms with Gasteiger partial charge in [-0.3, -0.25) is 0 Å². The monoisotopic (exact) mass is 313 g/mol. The van der Waals surface area contributed by atoms with Gasteiger partial charge in [-0.2, -0.15) is 4.98 Å². The lowest BCUT2D eigenvalue weighted by atomic mass is 9.77. The molecule has 1 aliphatic carbocycles. The second-order valence-corrected chi connectivity index (χ2v) is 8.49. The van der Waals surface area contributed by atoms with Gasteiger partial charge in [-0.1, -0.05) is 5.16 Å². The highest BCUT2D eigenvalue weighted by molar-refractivity contribution is 7.90. The van der Waals surface area contributed by atoms with Crippen LogP contribution in [0.5, 0.6) is 0 Å². The lowest BCUT2D eigenvalue weighted by Crippen LogP contribution is -2.54. The Morgan fingerprint density at radius 1 is 1.33 bits per heavy atom. The molecule has 8 heteroatoms. The van der Waals surface area contributed by atoms with Crippen molar-refractivity contribution in [2.45, 2.75) is 49.4 Å². The molecule has 2 atom stereocenters. The van der Waals surface area contributed by atoms with Crippen LogP contribution in [0.1, 0.15) is 37.4 Å². The number of hydrogen-bond acceptors (Lipinski definition) is 6. The molecule has 21 heavy (non-hydrogen) atoms. The summed E-state index contributed by atoms with van der Waals surface area (Å²) >= 11 is 0. The first-order chi connectivity index (χ1) is 10.0. The van der Waals surface area contributed by atoms with E-state index in [1.54, 1.807) is 11.2 Å². The zero-order valence-corrected chi connectivity index (χ0v) is 12.8. The van der Waals surface area contributed by atoms with Crippen LogP contribution in [0.3, 0.4) is 0 Å². The lowest BCUT2D eigenvalue weighted by molar-refractivity contribution is 0.0276. The van der Waals surface area contributed by atoms with E-state index in [0.717, 1.165) is 19.3 Å². The summed E-state index contributed by atoms with van der Waals surface area (Å²) in [5, 5.41) is 3.69. The fourth-order valence-electron chi connectivity index (χ4n) is 3.50. The molecule has 3 heterocycles. The minimum Gasteiger partial charge on any atom is -0.377 e. The maximum Gasteiger partial charge on any atom is 0.236 e. The third-order valence-electron chi connectivity index (χ3n) is 4.84. The second-order valence-electron chi connectivity index (χ2n) is 6.28. The van der Waals surface area contributed by atoms with Crippen LogP contribution in [0.15, 0.2) is 4.52 Å². The number of sulfonamides is 1. The molecular formula is C13H19N3O4S. The summed E-state index contributed by atoms with van der Waals surface area (Å²) in [6, 6.07) is 0. The highest BCUT2D eigenvalue weighted by atomic mass is 32.2. The Morgan fingerprint density at radius 3 is 2.81 bits per heavy atom. The molecular weight excluding hydrogens is 294 g/mol. The molecule has 3 aliphatic rings. The van der Waals surface area contributed by atoms with Gasteiger partial charge in [-0.25, -0.2) is 12.7 Å². The Kier molecular flexibility index (Phi) is 2.93. The fraction of sp³-hybridized carbons (Fsp3) is 0.846. The normalized spacial score (nSPS) is 34.0. The summed E-state index contributed by atoms with van der Waals surface area (Å²) in [5.41, 5.74) is -0.471. The zero-order valence-electron chi connectivity index (χ0n) is 12.0. The van der Waals surface area contributed by atoms with Crippen molar-refractivity contribution in [3.63, 3.8) is 0 Å². The average Bonchev–Trinajstić information content (AvgIpc) is 3.09. The van der Waals surface area contributed by atoms with E-state index in [2.05, 4.69) is 10.1 Å². The SMILES string of the molecule is Cc1noc([C@]23CCO[C@H]2CCN(S(=O)(=O)C2CC2)C3)n1. The summed E-state index contributed by atoms with van der Waals surface area (Å²) < 4.78 is 37.9. The highest BCUT2D eigenvalue weighted by Crippen LogP contribution is 2.44. The largest absolute Gasteiger partial charge is 0.377 e. The Balaban J connectivity index is 1.69. The number of rotatable bonds is 3. The third kappa shape index (κ3) is 2.03. The van der Waals surface area contributed by atoms with Crippen LogP contribution in [-0.2, 0) is 20.2 Å².